The maximum atomic E-state index is 14.3. The highest BCUT2D eigenvalue weighted by molar-refractivity contribution is 5.98. The van der Waals surface area contributed by atoms with Crippen LogP contribution >= 0.6 is 0 Å². The van der Waals surface area contributed by atoms with Gasteiger partial charge in [0.25, 0.3) is 5.91 Å². The molecule has 42 heavy (non-hydrogen) atoms. The highest BCUT2D eigenvalue weighted by atomic mass is 16.6. The maximum absolute atomic E-state index is 14.3. The zero-order chi connectivity index (χ0) is 29.6. The molecule has 1 N–H and O–H groups in total. The molecule has 0 radical (unpaired) electrons. The first-order valence-electron chi connectivity index (χ1n) is 14.7. The summed E-state index contributed by atoms with van der Waals surface area (Å²) in [6.45, 7) is 3.19. The fraction of sp³-hybridized carbons (Fsp3) is 0.438. The number of carbonyl (C=O) groups excluding carboxylic acids is 2. The lowest BCUT2D eigenvalue weighted by molar-refractivity contribution is 0.0240. The van der Waals surface area contributed by atoms with Crippen LogP contribution in [0.15, 0.2) is 67.0 Å². The molecule has 0 unspecified atom stereocenters. The van der Waals surface area contributed by atoms with E-state index in [1.165, 1.54) is 4.90 Å². The van der Waals surface area contributed by atoms with E-state index < -0.39 is 6.09 Å². The Morgan fingerprint density at radius 1 is 1.00 bits per heavy atom. The molecule has 10 heteroatoms. The summed E-state index contributed by atoms with van der Waals surface area (Å²) in [6.07, 6.45) is 4.03. The predicted molar refractivity (Wildman–Crippen MR) is 158 cm³/mol. The number of rotatable bonds is 7. The number of aromatic nitrogens is 2. The van der Waals surface area contributed by atoms with Crippen LogP contribution in [0.4, 0.5) is 9.59 Å². The second kappa shape index (κ2) is 13.1. The normalized spacial score (nSPS) is 20.7. The topological polar surface area (TPSA) is 108 Å². The van der Waals surface area contributed by atoms with Crippen molar-refractivity contribution in [3.63, 3.8) is 0 Å². The summed E-state index contributed by atoms with van der Waals surface area (Å²) in [5.41, 5.74) is 2.90. The van der Waals surface area contributed by atoms with Gasteiger partial charge in [0.2, 0.25) is 0 Å². The molecule has 1 aromatic heterocycles. The Balaban J connectivity index is 1.51. The Kier molecular flexibility index (Phi) is 9.09. The van der Waals surface area contributed by atoms with E-state index in [2.05, 4.69) is 0 Å². The molecule has 1 aliphatic carbocycles. The summed E-state index contributed by atoms with van der Waals surface area (Å²) in [6, 6.07) is 19.0. The van der Waals surface area contributed by atoms with Crippen LogP contribution in [0.2, 0.25) is 0 Å². The Morgan fingerprint density at radius 3 is 2.38 bits per heavy atom. The number of carboxylic acid groups (broad SMARTS) is 1. The molecule has 2 heterocycles. The van der Waals surface area contributed by atoms with Crippen LogP contribution in [0.5, 0.6) is 0 Å². The van der Waals surface area contributed by atoms with Crippen molar-refractivity contribution in [2.75, 3.05) is 33.2 Å². The molecule has 2 aromatic carbocycles. The van der Waals surface area contributed by atoms with E-state index in [4.69, 9.17) is 9.72 Å². The minimum atomic E-state index is -0.985. The molecule has 1 aliphatic heterocycles. The lowest BCUT2D eigenvalue weighted by atomic mass is 9.91. The summed E-state index contributed by atoms with van der Waals surface area (Å²) >= 11 is 0. The number of benzene rings is 2. The number of imidazole rings is 1. The van der Waals surface area contributed by atoms with Gasteiger partial charge in [0.1, 0.15) is 6.10 Å². The second-order valence-corrected chi connectivity index (χ2v) is 11.1. The van der Waals surface area contributed by atoms with Crippen molar-refractivity contribution in [2.24, 2.45) is 0 Å². The number of carbonyl (C=O) groups is 3. The van der Waals surface area contributed by atoms with Crippen LogP contribution in [0.1, 0.15) is 54.7 Å². The minimum absolute atomic E-state index is 0.166. The van der Waals surface area contributed by atoms with Gasteiger partial charge in [-0.15, -0.1) is 0 Å². The zero-order valence-electron chi connectivity index (χ0n) is 24.3. The van der Waals surface area contributed by atoms with Crippen LogP contribution in [-0.4, -0.2) is 92.8 Å². The molecule has 3 atom stereocenters. The largest absolute Gasteiger partial charge is 0.465 e. The van der Waals surface area contributed by atoms with Crippen molar-refractivity contribution < 1.29 is 24.2 Å². The van der Waals surface area contributed by atoms with Gasteiger partial charge in [-0.05, 0) is 38.2 Å². The minimum Gasteiger partial charge on any atom is -0.465 e. The molecular formula is C32H39N5O5. The maximum Gasteiger partial charge on any atom is 0.409 e. The number of ether oxygens (including phenoxy) is 1. The number of nitrogens with zero attached hydrogens (tertiary/aromatic N) is 5. The first-order chi connectivity index (χ1) is 20.4. The van der Waals surface area contributed by atoms with E-state index in [1.807, 2.05) is 72.2 Å². The highest BCUT2D eigenvalue weighted by Crippen LogP contribution is 2.37. The standard InChI is InChI=1S/C32H39N5O5/c1-3-34(2)32(41)42-27-17-11-10-16-26(27)37-22-33-28(29(37)24-14-8-5-9-15-24)30(38)36-19-18-35(31(39)40)21-25(36)20-23-12-6-4-7-13-23/h4-9,12-15,22,25-27H,3,10-11,16-21H2,1-2H3,(H,39,40)/t25-,26+,27+/m1/s1. The molecule has 222 valence electrons. The van der Waals surface area contributed by atoms with E-state index in [-0.39, 0.29) is 49.8 Å². The lowest BCUT2D eigenvalue weighted by Gasteiger charge is -2.40. The third kappa shape index (κ3) is 6.27. The average Bonchev–Trinajstić information content (AvgIpc) is 3.46. The van der Waals surface area contributed by atoms with Crippen LogP contribution in [0, 0.1) is 0 Å². The number of hydrogen-bond donors (Lipinski definition) is 1. The van der Waals surface area contributed by atoms with Crippen LogP contribution in [0.25, 0.3) is 11.3 Å². The Labute approximate surface area is 246 Å². The van der Waals surface area contributed by atoms with Crippen LogP contribution in [-0.2, 0) is 11.2 Å². The summed E-state index contributed by atoms with van der Waals surface area (Å²) in [4.78, 5) is 48.3. The SMILES string of the molecule is CCN(C)C(=O)O[C@H]1CCCC[C@@H]1n1cnc(C(=O)N2CCN(C(=O)O)C[C@H]2Cc2ccccc2)c1-c1ccccc1. The number of hydrogen-bond acceptors (Lipinski definition) is 5. The fourth-order valence-electron chi connectivity index (χ4n) is 6.03. The van der Waals surface area contributed by atoms with Gasteiger partial charge in [-0.1, -0.05) is 67.1 Å². The van der Waals surface area contributed by atoms with Gasteiger partial charge in [-0.2, -0.15) is 0 Å². The molecular weight excluding hydrogens is 534 g/mol. The van der Waals surface area contributed by atoms with Gasteiger partial charge in [-0.25, -0.2) is 14.6 Å². The molecule has 10 nitrogen and oxygen atoms in total. The average molecular weight is 574 g/mol. The summed E-state index contributed by atoms with van der Waals surface area (Å²) in [5.74, 6) is -0.228. The molecule has 2 aliphatic rings. The second-order valence-electron chi connectivity index (χ2n) is 11.1. The first-order valence-corrected chi connectivity index (χ1v) is 14.7. The van der Waals surface area contributed by atoms with Crippen LogP contribution in [0.3, 0.4) is 0 Å². The molecule has 2 fully saturated rings. The van der Waals surface area contributed by atoms with Crippen molar-refractivity contribution in [1.82, 2.24) is 24.3 Å². The molecule has 5 rings (SSSR count). The van der Waals surface area contributed by atoms with E-state index in [1.54, 1.807) is 23.2 Å². The van der Waals surface area contributed by atoms with Crippen molar-refractivity contribution in [1.29, 1.82) is 0 Å². The zero-order valence-corrected chi connectivity index (χ0v) is 24.3. The van der Waals surface area contributed by atoms with E-state index in [0.717, 1.165) is 36.8 Å². The van der Waals surface area contributed by atoms with Gasteiger partial charge in [-0.3, -0.25) is 4.79 Å². The van der Waals surface area contributed by atoms with Crippen molar-refractivity contribution in [3.05, 3.63) is 78.2 Å². The molecule has 1 saturated carbocycles. The molecule has 3 aromatic rings. The predicted octanol–water partition coefficient (Wildman–Crippen LogP) is 5.17. The molecule has 1 saturated heterocycles. The van der Waals surface area contributed by atoms with E-state index in [0.29, 0.717) is 24.4 Å². The Bertz CT molecular complexity index is 1380. The fourth-order valence-corrected chi connectivity index (χ4v) is 6.03. The van der Waals surface area contributed by atoms with Gasteiger partial charge >= 0.3 is 12.2 Å². The van der Waals surface area contributed by atoms with Crippen molar-refractivity contribution >= 4 is 18.1 Å². The van der Waals surface area contributed by atoms with Crippen molar-refractivity contribution in [3.8, 4) is 11.3 Å². The Morgan fingerprint density at radius 2 is 1.69 bits per heavy atom. The number of amides is 3. The van der Waals surface area contributed by atoms with Crippen LogP contribution < -0.4 is 0 Å². The molecule has 3 amide bonds. The number of piperazine rings is 1. The van der Waals surface area contributed by atoms with Gasteiger partial charge < -0.3 is 29.1 Å². The monoisotopic (exact) mass is 573 g/mol. The lowest BCUT2D eigenvalue weighted by Crippen LogP contribution is -2.57. The van der Waals surface area contributed by atoms with E-state index >= 15 is 0 Å². The van der Waals surface area contributed by atoms with Gasteiger partial charge in [0.15, 0.2) is 5.69 Å². The highest BCUT2D eigenvalue weighted by Gasteiger charge is 2.38. The van der Waals surface area contributed by atoms with Gasteiger partial charge in [0, 0.05) is 38.8 Å². The smallest absolute Gasteiger partial charge is 0.409 e. The molecule has 0 spiro atoms. The van der Waals surface area contributed by atoms with Crippen molar-refractivity contribution in [2.45, 2.75) is 57.2 Å². The third-order valence-electron chi connectivity index (χ3n) is 8.43. The third-order valence-corrected chi connectivity index (χ3v) is 8.43. The quantitative estimate of drug-likeness (QED) is 0.418. The summed E-state index contributed by atoms with van der Waals surface area (Å²) in [7, 11) is 1.72. The summed E-state index contributed by atoms with van der Waals surface area (Å²) in [5, 5.41) is 9.71. The Hall–Kier alpha value is -4.34. The van der Waals surface area contributed by atoms with E-state index in [9.17, 15) is 19.5 Å². The first kappa shape index (κ1) is 29.2. The summed E-state index contributed by atoms with van der Waals surface area (Å²) < 4.78 is 8.01. The van der Waals surface area contributed by atoms with Gasteiger partial charge in [0.05, 0.1) is 24.1 Å². The molecule has 0 bridgehead atoms.